The van der Waals surface area contributed by atoms with Crippen molar-refractivity contribution in [2.45, 2.75) is 247 Å². The van der Waals surface area contributed by atoms with Crippen LogP contribution in [0.3, 0.4) is 0 Å². The van der Waals surface area contributed by atoms with Gasteiger partial charge >= 0.3 is 6.09 Å². The molecule has 47 heteroatoms. The average molecular weight is 1910 g/mol. The van der Waals surface area contributed by atoms with Gasteiger partial charge in [0, 0.05) is 33.7 Å². The zero-order valence-electron chi connectivity index (χ0n) is 78.2. The SMILES string of the molecule is CC(=O)NC1[C@H]2OC[C@](COCCOCCOCCOCCn3cc(COCC(COCc4cn(CCOCCOCCOCCOC[C@@]56CO[C@@H](O5)[C@H](NC(C)=O)[C@H]5OC(C)(C)O[C@H]56)nn4)(COCc4cn(CCOCCOCCOCCOC[C@@]56CO[C@@H](O5)[C@H](NC(C)=O)[C@H]5OC(C)(C)O[C@H]56)nn4)NC(=O)CCCCCNC(=O)OCc4ccccc4)nn3)(O2)[C@@H]2OC(C)(C)O[C@H]12. The lowest BCUT2D eigenvalue weighted by molar-refractivity contribution is -0.214. The standard InChI is InChI=1S/C87H136N14O33/c1-60(102)89-68-71-74(129-81(4,5)126-71)85(57-123-77(68)132-85)54-116-41-38-113-35-32-110-29-26-107-23-20-99-44-64(93-96-99)48-119-51-84(92-67(105)18-14-11-15-19-88-80(106)122-47-63-16-12-10-13-17-63,52-120-49-65-45-100(97-94-65)21-24-108-27-30-111-33-36-114-39-42-117-55-86-58-124-78(133-86)69(90-61(2)103)72-75(86)130-82(6,7)127-72)53-121-50-66-46-101(98-95-66)22-25-109-28-31-112-34-37-115-40-43-118-56-87-59-125-79(134-87)70(91-62(3)104)73-76(87)131-83(8,9)128-73/h10,12-13,16-17,44-46,68-79H,11,14-15,18-43,47-59H2,1-9H3,(H,88,106)(H,89,102)(H,90,103)(H,91,104)(H,92,105)/t68-,69-,70?,71-,72-,73-,74-,75-,76-,77+,78+,79+,85+,86+,87+/m1/s1. The molecule has 9 aliphatic rings. The summed E-state index contributed by atoms with van der Waals surface area (Å²) in [6, 6.07) is 7.83. The number of rotatable bonds is 66. The number of hydrogen-bond acceptors (Lipinski definition) is 39. The normalized spacial score (nSPS) is 27.1. The summed E-state index contributed by atoms with van der Waals surface area (Å²) in [5.74, 6) is -3.59. The van der Waals surface area contributed by atoms with Crippen molar-refractivity contribution in [3.63, 3.8) is 0 Å². The minimum atomic E-state index is -1.31. The second kappa shape index (κ2) is 51.0. The van der Waals surface area contributed by atoms with Crippen molar-refractivity contribution in [1.29, 1.82) is 0 Å². The van der Waals surface area contributed by atoms with Gasteiger partial charge in [0.2, 0.25) is 23.6 Å². The summed E-state index contributed by atoms with van der Waals surface area (Å²) in [6.45, 7) is 24.7. The molecule has 0 saturated carbocycles. The van der Waals surface area contributed by atoms with Gasteiger partial charge in [-0.3, -0.25) is 19.2 Å². The number of hydrogen-bond donors (Lipinski definition) is 5. The van der Waals surface area contributed by atoms with E-state index in [9.17, 15) is 24.0 Å². The number of fused-ring (bicyclic) bond motifs is 12. The van der Waals surface area contributed by atoms with Crippen molar-refractivity contribution in [2.24, 2.45) is 0 Å². The first-order chi connectivity index (χ1) is 64.8. The smallest absolute Gasteiger partial charge is 0.407 e. The molecule has 5 N–H and O–H groups in total. The number of nitrogens with one attached hydrogen (secondary N) is 5. The predicted octanol–water partition coefficient (Wildman–Crippen LogP) is 0.403. The molecular weight excluding hydrogens is 1770 g/mol. The van der Waals surface area contributed by atoms with Crippen molar-refractivity contribution in [3.8, 4) is 0 Å². The number of ether oxygens (including phenoxy) is 28. The largest absolute Gasteiger partial charge is 0.445 e. The van der Waals surface area contributed by atoms with Crippen LogP contribution < -0.4 is 26.6 Å². The molecule has 752 valence electrons. The van der Waals surface area contributed by atoms with Gasteiger partial charge in [-0.1, -0.05) is 52.4 Å². The number of carbonyl (C=O) groups excluding carboxylic acids is 5. The molecule has 9 aliphatic heterocycles. The highest BCUT2D eigenvalue weighted by Gasteiger charge is 2.69. The van der Waals surface area contributed by atoms with E-state index in [0.717, 1.165) is 5.56 Å². The van der Waals surface area contributed by atoms with E-state index in [-0.39, 0.29) is 116 Å². The molecule has 1 unspecified atom stereocenters. The Morgan fingerprint density at radius 2 is 0.709 bits per heavy atom. The van der Waals surface area contributed by atoms with Gasteiger partial charge in [-0.25, -0.2) is 18.8 Å². The fourth-order valence-corrected chi connectivity index (χ4v) is 16.9. The number of unbranched alkanes of at least 4 members (excludes halogenated alkanes) is 2. The Morgan fingerprint density at radius 1 is 0.388 bits per heavy atom. The highest BCUT2D eigenvalue weighted by atomic mass is 16.8. The van der Waals surface area contributed by atoms with Gasteiger partial charge in [-0.2, -0.15) is 0 Å². The van der Waals surface area contributed by atoms with Crippen LogP contribution in [0, 0.1) is 0 Å². The molecule has 9 saturated heterocycles. The quantitative estimate of drug-likeness (QED) is 0.0374. The van der Waals surface area contributed by atoms with Crippen LogP contribution in [0.15, 0.2) is 48.9 Å². The summed E-state index contributed by atoms with van der Waals surface area (Å²) in [4.78, 5) is 62.8. The monoisotopic (exact) mass is 1900 g/mol. The Kier molecular flexibility index (Phi) is 39.6. The van der Waals surface area contributed by atoms with Gasteiger partial charge < -0.3 is 159 Å². The highest BCUT2D eigenvalue weighted by molar-refractivity contribution is 5.77. The lowest BCUT2D eigenvalue weighted by Gasteiger charge is -2.42. The minimum Gasteiger partial charge on any atom is -0.445 e. The molecule has 4 aromatic rings. The molecule has 12 heterocycles. The average Bonchev–Trinajstić information content (AvgIpc) is 1.58. The number of alkyl carbamates (subject to hydrolysis) is 1. The van der Waals surface area contributed by atoms with Gasteiger partial charge in [0.05, 0.1) is 256 Å². The third-order valence-corrected chi connectivity index (χ3v) is 22.9. The predicted molar refractivity (Wildman–Crippen MR) is 458 cm³/mol. The molecule has 9 fully saturated rings. The second-order valence-electron chi connectivity index (χ2n) is 35.5. The van der Waals surface area contributed by atoms with Gasteiger partial charge in [0.1, 0.15) is 101 Å². The maximum Gasteiger partial charge on any atom is 0.407 e. The lowest BCUT2D eigenvalue weighted by Crippen LogP contribution is -2.65. The number of amides is 5. The molecule has 0 spiro atoms. The molecule has 1 aromatic carbocycles. The van der Waals surface area contributed by atoms with Gasteiger partial charge in [-0.05, 0) is 59.9 Å². The topological polar surface area (TPSA) is 496 Å². The summed E-state index contributed by atoms with van der Waals surface area (Å²) < 4.78 is 174. The van der Waals surface area contributed by atoms with Crippen LogP contribution >= 0.6 is 0 Å². The van der Waals surface area contributed by atoms with E-state index in [4.69, 9.17) is 133 Å². The molecular formula is C87H136N14O33. The van der Waals surface area contributed by atoms with E-state index in [2.05, 4.69) is 57.5 Å². The molecule has 0 radical (unpaired) electrons. The fourth-order valence-electron chi connectivity index (χ4n) is 16.9. The van der Waals surface area contributed by atoms with E-state index >= 15 is 0 Å². The first-order valence-corrected chi connectivity index (χ1v) is 46.1. The van der Waals surface area contributed by atoms with E-state index in [1.54, 1.807) is 32.6 Å². The Bertz CT molecular complexity index is 3870. The summed E-state index contributed by atoms with van der Waals surface area (Å²) >= 11 is 0. The fraction of sp³-hybridized carbons (Fsp3) is 0.805. The third-order valence-electron chi connectivity index (χ3n) is 22.9. The molecule has 5 amide bonds. The third kappa shape index (κ3) is 31.1. The summed E-state index contributed by atoms with van der Waals surface area (Å²) in [6.07, 6.45) is 1.52. The Balaban J connectivity index is 0.536. The first kappa shape index (κ1) is 104. The molecule has 134 heavy (non-hydrogen) atoms. The number of carbonyl (C=O) groups is 5. The zero-order chi connectivity index (χ0) is 94.3. The second-order valence-corrected chi connectivity index (χ2v) is 35.5. The van der Waals surface area contributed by atoms with Crippen molar-refractivity contribution in [1.82, 2.24) is 71.6 Å². The summed E-state index contributed by atoms with van der Waals surface area (Å²) in [5.41, 5.74) is -1.60. The molecule has 3 aromatic heterocycles. The molecule has 0 aliphatic carbocycles. The molecule has 6 bridgehead atoms. The number of aromatic nitrogens is 9. The van der Waals surface area contributed by atoms with Crippen LogP contribution in [0.1, 0.15) is 111 Å². The van der Waals surface area contributed by atoms with Crippen LogP contribution in [-0.2, 0) is 198 Å². The van der Waals surface area contributed by atoms with E-state index in [1.165, 1.54) is 20.8 Å². The van der Waals surface area contributed by atoms with E-state index in [0.29, 0.717) is 201 Å². The van der Waals surface area contributed by atoms with Crippen LogP contribution in [0.2, 0.25) is 0 Å². The van der Waals surface area contributed by atoms with Crippen LogP contribution in [-0.4, -0.2) is 393 Å². The Hall–Kier alpha value is -7.29. The Morgan fingerprint density at radius 3 is 1.04 bits per heavy atom. The van der Waals surface area contributed by atoms with Crippen molar-refractivity contribution >= 4 is 29.7 Å². The van der Waals surface area contributed by atoms with Gasteiger partial charge in [-0.15, -0.1) is 15.3 Å². The molecule has 15 atom stereocenters. The van der Waals surface area contributed by atoms with Crippen LogP contribution in [0.5, 0.6) is 0 Å². The molecule has 47 nitrogen and oxygen atoms in total. The molecule has 13 rings (SSSR count). The zero-order valence-corrected chi connectivity index (χ0v) is 78.2. The van der Waals surface area contributed by atoms with Gasteiger partial charge in [0.15, 0.2) is 36.2 Å². The highest BCUT2D eigenvalue weighted by Crippen LogP contribution is 2.50. The van der Waals surface area contributed by atoms with Crippen LogP contribution in [0.4, 0.5) is 4.79 Å². The summed E-state index contributed by atoms with van der Waals surface area (Å²) in [5, 5.41) is 40.7. The summed E-state index contributed by atoms with van der Waals surface area (Å²) in [7, 11) is 0. The Labute approximate surface area is 778 Å². The van der Waals surface area contributed by atoms with Crippen LogP contribution in [0.25, 0.3) is 0 Å². The lowest BCUT2D eigenvalue weighted by atomic mass is 9.88. The van der Waals surface area contributed by atoms with Crippen molar-refractivity contribution in [3.05, 3.63) is 71.6 Å². The van der Waals surface area contributed by atoms with E-state index < -0.39 is 119 Å². The number of benzene rings is 1. The van der Waals surface area contributed by atoms with Crippen molar-refractivity contribution in [2.75, 3.05) is 205 Å². The maximum absolute atomic E-state index is 14.3. The first-order valence-electron chi connectivity index (χ1n) is 46.1. The number of nitrogens with zero attached hydrogens (tertiary/aromatic N) is 9. The van der Waals surface area contributed by atoms with E-state index in [1.807, 2.05) is 71.9 Å². The van der Waals surface area contributed by atoms with Gasteiger partial charge in [0.25, 0.3) is 0 Å². The van der Waals surface area contributed by atoms with Crippen molar-refractivity contribution < 1.29 is 157 Å². The maximum atomic E-state index is 14.3. The minimum absolute atomic E-state index is 0.000671.